The van der Waals surface area contributed by atoms with Crippen LogP contribution in [0.4, 0.5) is 14.5 Å². The summed E-state index contributed by atoms with van der Waals surface area (Å²) in [5.74, 6) is -0.849. The van der Waals surface area contributed by atoms with E-state index in [1.165, 1.54) is 0 Å². The molecule has 1 amide bonds. The average Bonchev–Trinajstić information content (AvgIpc) is 3.10. The Balaban J connectivity index is 1.60. The Morgan fingerprint density at radius 2 is 2.00 bits per heavy atom. The predicted molar refractivity (Wildman–Crippen MR) is 115 cm³/mol. The van der Waals surface area contributed by atoms with E-state index in [2.05, 4.69) is 31.4 Å². The van der Waals surface area contributed by atoms with Crippen LogP contribution in [0.1, 0.15) is 12.7 Å². The number of rotatable bonds is 8. The molecule has 0 spiro atoms. The Kier molecular flexibility index (Phi) is 7.68. The fourth-order valence-electron chi connectivity index (χ4n) is 2.50. The second-order valence-electron chi connectivity index (χ2n) is 5.97. The van der Waals surface area contributed by atoms with E-state index in [-0.39, 0.29) is 22.5 Å². The van der Waals surface area contributed by atoms with Gasteiger partial charge in [-0.15, -0.1) is 10.2 Å². The van der Waals surface area contributed by atoms with Crippen LogP contribution in [0.25, 0.3) is 0 Å². The summed E-state index contributed by atoms with van der Waals surface area (Å²) in [6, 6.07) is 8.73. The first-order valence-electron chi connectivity index (χ1n) is 8.75. The number of nitrogens with one attached hydrogen (secondary N) is 1. The number of benzene rings is 2. The molecule has 0 atom stereocenters. The maximum Gasteiger partial charge on any atom is 0.234 e. The molecule has 0 radical (unpaired) electrons. The minimum atomic E-state index is -0.862. The molecule has 0 unspecified atom stereocenters. The zero-order valence-corrected chi connectivity index (χ0v) is 18.8. The molecule has 6 nitrogen and oxygen atoms in total. The van der Waals surface area contributed by atoms with Crippen molar-refractivity contribution in [2.45, 2.75) is 25.2 Å². The molecule has 1 aromatic heterocycles. The number of halogens is 4. The van der Waals surface area contributed by atoms with E-state index in [1.807, 2.05) is 11.5 Å². The molecule has 0 bridgehead atoms. The zero-order chi connectivity index (χ0) is 21.7. The number of thioether (sulfide) groups is 1. The van der Waals surface area contributed by atoms with Crippen LogP contribution >= 0.6 is 39.3 Å². The molecule has 30 heavy (non-hydrogen) atoms. The first-order chi connectivity index (χ1) is 14.4. The molecular formula is C19H16BrClF2N4O2S. The Labute approximate surface area is 189 Å². The molecule has 0 aliphatic carbocycles. The maximum atomic E-state index is 13.9. The topological polar surface area (TPSA) is 69.0 Å². The number of hydrogen-bond donors (Lipinski definition) is 1. The number of aromatic nitrogens is 3. The maximum absolute atomic E-state index is 13.9. The van der Waals surface area contributed by atoms with E-state index < -0.39 is 17.5 Å². The number of anilines is 1. The van der Waals surface area contributed by atoms with E-state index in [4.69, 9.17) is 16.3 Å². The molecular weight excluding hydrogens is 502 g/mol. The highest BCUT2D eigenvalue weighted by molar-refractivity contribution is 9.10. The number of amides is 1. The summed E-state index contributed by atoms with van der Waals surface area (Å²) in [4.78, 5) is 12.2. The van der Waals surface area contributed by atoms with Crippen molar-refractivity contribution in [3.63, 3.8) is 0 Å². The van der Waals surface area contributed by atoms with Crippen LogP contribution in [0.3, 0.4) is 0 Å². The quantitative estimate of drug-likeness (QED) is 0.411. The molecule has 0 fully saturated rings. The Morgan fingerprint density at radius 3 is 2.67 bits per heavy atom. The van der Waals surface area contributed by atoms with Gasteiger partial charge >= 0.3 is 0 Å². The van der Waals surface area contributed by atoms with Crippen LogP contribution in [-0.4, -0.2) is 26.4 Å². The summed E-state index contributed by atoms with van der Waals surface area (Å²) in [7, 11) is 0. The van der Waals surface area contributed by atoms with E-state index in [9.17, 15) is 13.6 Å². The standard InChI is InChI=1S/C19H16BrClF2N4O2S/c1-2-27-16(9-29-13-5-3-11(21)4-6-13)25-26-19(27)30-10-17(28)24-18-14(20)7-12(22)8-15(18)23/h3-8H,2,9-10H2,1H3,(H,24,28). The van der Waals surface area contributed by atoms with Crippen molar-refractivity contribution < 1.29 is 18.3 Å². The third kappa shape index (κ3) is 5.71. The molecule has 0 aliphatic rings. The van der Waals surface area contributed by atoms with E-state index in [0.717, 1.165) is 17.8 Å². The highest BCUT2D eigenvalue weighted by Crippen LogP contribution is 2.27. The van der Waals surface area contributed by atoms with Crippen LogP contribution in [0.2, 0.25) is 5.02 Å². The summed E-state index contributed by atoms with van der Waals surface area (Å²) < 4.78 is 34.7. The minimum Gasteiger partial charge on any atom is -0.486 e. The predicted octanol–water partition coefficient (Wildman–Crippen LogP) is 5.30. The number of nitrogens with zero attached hydrogens (tertiary/aromatic N) is 3. The van der Waals surface area contributed by atoms with Crippen LogP contribution in [0.15, 0.2) is 46.0 Å². The second-order valence-corrected chi connectivity index (χ2v) is 8.20. The molecule has 11 heteroatoms. The summed E-state index contributed by atoms with van der Waals surface area (Å²) in [6.45, 7) is 2.70. The zero-order valence-electron chi connectivity index (χ0n) is 15.7. The highest BCUT2D eigenvalue weighted by Gasteiger charge is 2.16. The molecule has 2 aromatic carbocycles. The van der Waals surface area contributed by atoms with Crippen molar-refractivity contribution in [2.75, 3.05) is 11.1 Å². The average molecular weight is 518 g/mol. The lowest BCUT2D eigenvalue weighted by Gasteiger charge is -2.10. The fourth-order valence-corrected chi connectivity index (χ4v) is 3.95. The Hall–Kier alpha value is -2.17. The van der Waals surface area contributed by atoms with Crippen molar-refractivity contribution >= 4 is 50.9 Å². The van der Waals surface area contributed by atoms with Gasteiger partial charge in [0.2, 0.25) is 5.91 Å². The molecule has 0 saturated carbocycles. The molecule has 0 saturated heterocycles. The van der Waals surface area contributed by atoms with Crippen LogP contribution < -0.4 is 10.1 Å². The summed E-state index contributed by atoms with van der Waals surface area (Å²) in [6.07, 6.45) is 0. The minimum absolute atomic E-state index is 0.0283. The molecule has 1 N–H and O–H groups in total. The van der Waals surface area contributed by atoms with Crippen molar-refractivity contribution in [2.24, 2.45) is 0 Å². The molecule has 0 aliphatic heterocycles. The van der Waals surface area contributed by atoms with Crippen LogP contribution in [0, 0.1) is 11.6 Å². The highest BCUT2D eigenvalue weighted by atomic mass is 79.9. The van der Waals surface area contributed by atoms with Crippen molar-refractivity contribution in [3.05, 3.63) is 63.4 Å². The van der Waals surface area contributed by atoms with E-state index in [0.29, 0.717) is 34.4 Å². The lowest BCUT2D eigenvalue weighted by atomic mass is 10.3. The van der Waals surface area contributed by atoms with E-state index in [1.54, 1.807) is 24.3 Å². The van der Waals surface area contributed by atoms with Crippen molar-refractivity contribution in [1.82, 2.24) is 14.8 Å². The van der Waals surface area contributed by atoms with Crippen LogP contribution in [-0.2, 0) is 17.9 Å². The largest absolute Gasteiger partial charge is 0.486 e. The van der Waals surface area contributed by atoms with E-state index >= 15 is 0 Å². The van der Waals surface area contributed by atoms with Gasteiger partial charge in [-0.25, -0.2) is 8.78 Å². The van der Waals surface area contributed by atoms with Crippen LogP contribution in [0.5, 0.6) is 5.75 Å². The SMILES string of the molecule is CCn1c(COc2ccc(Cl)cc2)nnc1SCC(=O)Nc1c(F)cc(F)cc1Br. The van der Waals surface area contributed by atoms with Gasteiger partial charge in [0.05, 0.1) is 11.4 Å². The Morgan fingerprint density at radius 1 is 1.27 bits per heavy atom. The number of hydrogen-bond acceptors (Lipinski definition) is 5. The summed E-state index contributed by atoms with van der Waals surface area (Å²) >= 11 is 10.0. The van der Waals surface area contributed by atoms with Gasteiger partial charge in [-0.1, -0.05) is 23.4 Å². The Bertz CT molecular complexity index is 1030. The third-order valence-electron chi connectivity index (χ3n) is 3.89. The third-order valence-corrected chi connectivity index (χ3v) is 5.74. The van der Waals surface area contributed by atoms with Crippen molar-refractivity contribution in [3.8, 4) is 5.75 Å². The van der Waals surface area contributed by atoms with Crippen molar-refractivity contribution in [1.29, 1.82) is 0 Å². The molecule has 3 aromatic rings. The first-order valence-corrected chi connectivity index (χ1v) is 10.9. The number of carbonyl (C=O) groups is 1. The lowest BCUT2D eigenvalue weighted by molar-refractivity contribution is -0.113. The molecule has 1 heterocycles. The van der Waals surface area contributed by atoms with Gasteiger partial charge in [-0.3, -0.25) is 4.79 Å². The van der Waals surface area contributed by atoms with Gasteiger partial charge < -0.3 is 14.6 Å². The molecule has 3 rings (SSSR count). The van der Waals surface area contributed by atoms with Gasteiger partial charge in [0.1, 0.15) is 18.2 Å². The fraction of sp³-hybridized carbons (Fsp3) is 0.211. The van der Waals surface area contributed by atoms with Gasteiger partial charge in [-0.2, -0.15) is 0 Å². The number of ether oxygens (including phenoxy) is 1. The summed E-state index contributed by atoms with van der Waals surface area (Å²) in [5, 5.41) is 11.8. The second kappa shape index (κ2) is 10.2. The summed E-state index contributed by atoms with van der Waals surface area (Å²) in [5.41, 5.74) is -0.115. The normalized spacial score (nSPS) is 10.8. The number of carbonyl (C=O) groups excluding carboxylic acids is 1. The first kappa shape index (κ1) is 22.5. The smallest absolute Gasteiger partial charge is 0.234 e. The monoisotopic (exact) mass is 516 g/mol. The van der Waals surface area contributed by atoms with Gasteiger partial charge in [0.25, 0.3) is 0 Å². The van der Waals surface area contributed by atoms with Gasteiger partial charge in [0.15, 0.2) is 16.8 Å². The lowest BCUT2D eigenvalue weighted by Crippen LogP contribution is -2.16. The molecule has 158 valence electrons. The van der Waals surface area contributed by atoms with Gasteiger partial charge in [-0.05, 0) is 53.2 Å². The van der Waals surface area contributed by atoms with Gasteiger partial charge in [0, 0.05) is 22.1 Å².